The van der Waals surface area contributed by atoms with Crippen molar-refractivity contribution in [3.63, 3.8) is 0 Å². The van der Waals surface area contributed by atoms with E-state index in [0.29, 0.717) is 5.56 Å². The molecule has 21 heavy (non-hydrogen) atoms. The number of aromatic nitrogens is 2. The van der Waals surface area contributed by atoms with Crippen LogP contribution in [0.5, 0.6) is 0 Å². The highest BCUT2D eigenvalue weighted by Gasteiger charge is 2.22. The number of nitrogens with one attached hydrogen (secondary N) is 1. The zero-order chi connectivity index (χ0) is 15.6. The number of amides is 1. The SMILES string of the molecule is CC(NC(=O)C(N)c1cnn(C)c1)c1c(F)cccc1F. The molecule has 1 aromatic carbocycles. The third kappa shape index (κ3) is 3.25. The first-order valence-electron chi connectivity index (χ1n) is 6.38. The number of nitrogens with zero attached hydrogens (tertiary/aromatic N) is 2. The molecule has 0 saturated carbocycles. The second kappa shape index (κ2) is 6.01. The lowest BCUT2D eigenvalue weighted by Gasteiger charge is -2.18. The lowest BCUT2D eigenvalue weighted by atomic mass is 10.1. The van der Waals surface area contributed by atoms with Crippen molar-refractivity contribution in [3.8, 4) is 0 Å². The van der Waals surface area contributed by atoms with Crippen LogP contribution in [0.2, 0.25) is 0 Å². The standard InChI is InChI=1S/C14H16F2N4O/c1-8(12-10(15)4-3-5-11(12)16)19-14(21)13(17)9-6-18-20(2)7-9/h3-8,13H,17H2,1-2H3,(H,19,21). The second-order valence-electron chi connectivity index (χ2n) is 4.79. The van der Waals surface area contributed by atoms with Gasteiger partial charge < -0.3 is 11.1 Å². The van der Waals surface area contributed by atoms with E-state index < -0.39 is 29.6 Å². The van der Waals surface area contributed by atoms with E-state index in [4.69, 9.17) is 5.73 Å². The molecule has 3 N–H and O–H groups in total. The van der Waals surface area contributed by atoms with Gasteiger partial charge >= 0.3 is 0 Å². The van der Waals surface area contributed by atoms with Crippen molar-refractivity contribution in [2.45, 2.75) is 19.0 Å². The second-order valence-corrected chi connectivity index (χ2v) is 4.79. The van der Waals surface area contributed by atoms with E-state index in [-0.39, 0.29) is 5.56 Å². The summed E-state index contributed by atoms with van der Waals surface area (Å²) in [6.07, 6.45) is 3.08. The topological polar surface area (TPSA) is 72.9 Å². The fourth-order valence-electron chi connectivity index (χ4n) is 2.05. The van der Waals surface area contributed by atoms with Crippen LogP contribution in [0.15, 0.2) is 30.6 Å². The summed E-state index contributed by atoms with van der Waals surface area (Å²) in [4.78, 5) is 12.0. The molecular formula is C14H16F2N4O. The summed E-state index contributed by atoms with van der Waals surface area (Å²) >= 11 is 0. The van der Waals surface area contributed by atoms with Crippen LogP contribution in [0.3, 0.4) is 0 Å². The van der Waals surface area contributed by atoms with Gasteiger partial charge in [-0.2, -0.15) is 5.10 Å². The summed E-state index contributed by atoms with van der Waals surface area (Å²) in [7, 11) is 1.70. The van der Waals surface area contributed by atoms with E-state index in [1.165, 1.54) is 23.9 Å². The number of nitrogens with two attached hydrogens (primary N) is 1. The Labute approximate surface area is 120 Å². The minimum Gasteiger partial charge on any atom is -0.348 e. The van der Waals surface area contributed by atoms with Crippen LogP contribution in [0, 0.1) is 11.6 Å². The van der Waals surface area contributed by atoms with Gasteiger partial charge in [-0.3, -0.25) is 9.48 Å². The normalized spacial score (nSPS) is 13.8. The van der Waals surface area contributed by atoms with Crippen molar-refractivity contribution >= 4 is 5.91 Å². The zero-order valence-corrected chi connectivity index (χ0v) is 11.7. The Morgan fingerprint density at radius 3 is 2.52 bits per heavy atom. The molecule has 0 bridgehead atoms. The summed E-state index contributed by atoms with van der Waals surface area (Å²) < 4.78 is 28.8. The maximum Gasteiger partial charge on any atom is 0.242 e. The highest BCUT2D eigenvalue weighted by atomic mass is 19.1. The maximum absolute atomic E-state index is 13.6. The third-order valence-corrected chi connectivity index (χ3v) is 3.16. The zero-order valence-electron chi connectivity index (χ0n) is 11.7. The Morgan fingerprint density at radius 2 is 2.00 bits per heavy atom. The van der Waals surface area contributed by atoms with Crippen LogP contribution < -0.4 is 11.1 Å². The number of hydrogen-bond acceptors (Lipinski definition) is 3. The van der Waals surface area contributed by atoms with E-state index in [9.17, 15) is 13.6 Å². The quantitative estimate of drug-likeness (QED) is 0.899. The number of hydrogen-bond donors (Lipinski definition) is 2. The highest BCUT2D eigenvalue weighted by Crippen LogP contribution is 2.21. The molecule has 0 radical (unpaired) electrons. The summed E-state index contributed by atoms with van der Waals surface area (Å²) in [5.41, 5.74) is 6.14. The van der Waals surface area contributed by atoms with Gasteiger partial charge in [-0.15, -0.1) is 0 Å². The molecular weight excluding hydrogens is 278 g/mol. The Balaban J connectivity index is 2.12. The van der Waals surface area contributed by atoms with E-state index in [0.717, 1.165) is 12.1 Å². The van der Waals surface area contributed by atoms with Crippen molar-refractivity contribution in [3.05, 3.63) is 53.4 Å². The first kappa shape index (κ1) is 15.1. The predicted molar refractivity (Wildman–Crippen MR) is 73.1 cm³/mol. The Morgan fingerprint density at radius 1 is 1.38 bits per heavy atom. The molecule has 1 amide bonds. The molecule has 2 rings (SSSR count). The molecule has 0 aliphatic carbocycles. The molecule has 1 aromatic heterocycles. The molecule has 0 fully saturated rings. The summed E-state index contributed by atoms with van der Waals surface area (Å²) in [6, 6.07) is 1.77. The first-order chi connectivity index (χ1) is 9.90. The predicted octanol–water partition coefficient (Wildman–Crippen LogP) is 1.58. The van der Waals surface area contributed by atoms with Crippen LogP contribution in [0.1, 0.15) is 30.1 Å². The fourth-order valence-corrected chi connectivity index (χ4v) is 2.05. The van der Waals surface area contributed by atoms with E-state index >= 15 is 0 Å². The van der Waals surface area contributed by atoms with Crippen molar-refractivity contribution in [2.75, 3.05) is 0 Å². The molecule has 5 nitrogen and oxygen atoms in total. The molecule has 0 spiro atoms. The first-order valence-corrected chi connectivity index (χ1v) is 6.38. The van der Waals surface area contributed by atoms with Crippen LogP contribution in [0.25, 0.3) is 0 Å². The molecule has 2 aromatic rings. The monoisotopic (exact) mass is 294 g/mol. The molecule has 2 unspecified atom stereocenters. The van der Waals surface area contributed by atoms with Gasteiger partial charge in [-0.25, -0.2) is 8.78 Å². The molecule has 112 valence electrons. The fraction of sp³-hybridized carbons (Fsp3) is 0.286. The third-order valence-electron chi connectivity index (χ3n) is 3.16. The Hall–Kier alpha value is -2.28. The molecule has 0 aliphatic heterocycles. The average Bonchev–Trinajstić information content (AvgIpc) is 2.84. The molecule has 0 saturated heterocycles. The van der Waals surface area contributed by atoms with Crippen molar-refractivity contribution < 1.29 is 13.6 Å². The summed E-state index contributed by atoms with van der Waals surface area (Å²) in [6.45, 7) is 1.50. The van der Waals surface area contributed by atoms with E-state index in [2.05, 4.69) is 10.4 Å². The van der Waals surface area contributed by atoms with Crippen molar-refractivity contribution in [1.82, 2.24) is 15.1 Å². The van der Waals surface area contributed by atoms with Gasteiger partial charge in [-0.05, 0) is 19.1 Å². The lowest BCUT2D eigenvalue weighted by Crippen LogP contribution is -2.36. The maximum atomic E-state index is 13.6. The highest BCUT2D eigenvalue weighted by molar-refractivity contribution is 5.83. The van der Waals surface area contributed by atoms with Gasteiger partial charge in [0.1, 0.15) is 17.7 Å². The van der Waals surface area contributed by atoms with Crippen molar-refractivity contribution in [1.29, 1.82) is 0 Å². The number of aryl methyl sites for hydroxylation is 1. The number of carbonyl (C=O) groups is 1. The van der Waals surface area contributed by atoms with Crippen LogP contribution in [0.4, 0.5) is 8.78 Å². The molecule has 2 atom stereocenters. The minimum atomic E-state index is -0.948. The van der Waals surface area contributed by atoms with Gasteiger partial charge in [0.2, 0.25) is 5.91 Å². The molecule has 0 aliphatic rings. The summed E-state index contributed by atoms with van der Waals surface area (Å²) in [5.74, 6) is -1.95. The smallest absolute Gasteiger partial charge is 0.242 e. The van der Waals surface area contributed by atoms with Gasteiger partial charge in [0.25, 0.3) is 0 Å². The molecule has 7 heteroatoms. The van der Waals surface area contributed by atoms with Crippen LogP contribution in [-0.2, 0) is 11.8 Å². The van der Waals surface area contributed by atoms with Gasteiger partial charge in [0.05, 0.1) is 12.2 Å². The van der Waals surface area contributed by atoms with Crippen LogP contribution >= 0.6 is 0 Å². The largest absolute Gasteiger partial charge is 0.348 e. The van der Waals surface area contributed by atoms with Gasteiger partial charge in [0, 0.05) is 24.4 Å². The lowest BCUT2D eigenvalue weighted by molar-refractivity contribution is -0.123. The van der Waals surface area contributed by atoms with Gasteiger partial charge in [-0.1, -0.05) is 6.07 Å². The van der Waals surface area contributed by atoms with E-state index in [1.807, 2.05) is 0 Å². The van der Waals surface area contributed by atoms with Crippen LogP contribution in [-0.4, -0.2) is 15.7 Å². The molecule has 1 heterocycles. The minimum absolute atomic E-state index is 0.191. The Kier molecular flexibility index (Phi) is 4.32. The number of rotatable bonds is 4. The number of benzene rings is 1. The van der Waals surface area contributed by atoms with Gasteiger partial charge in [0.15, 0.2) is 0 Å². The summed E-state index contributed by atoms with van der Waals surface area (Å²) in [5, 5.41) is 6.43. The van der Waals surface area contributed by atoms with Crippen molar-refractivity contribution in [2.24, 2.45) is 12.8 Å². The Bertz CT molecular complexity index is 636. The number of carbonyl (C=O) groups excluding carboxylic acids is 1. The van der Waals surface area contributed by atoms with E-state index in [1.54, 1.807) is 13.2 Å². The average molecular weight is 294 g/mol. The number of halogens is 2.